The first-order chi connectivity index (χ1) is 8.97. The molecule has 1 heterocycles. The van der Waals surface area contributed by atoms with Crippen molar-refractivity contribution in [3.63, 3.8) is 0 Å². The monoisotopic (exact) mass is 274 g/mol. The number of rotatable bonds is 3. The molecule has 2 N–H and O–H groups in total. The molecule has 0 fully saturated rings. The highest BCUT2D eigenvalue weighted by atomic mass is 19.4. The van der Waals surface area contributed by atoms with Gasteiger partial charge in [0.1, 0.15) is 6.61 Å². The number of alkyl halides is 3. The first-order valence-electron chi connectivity index (χ1n) is 5.82. The van der Waals surface area contributed by atoms with Crippen LogP contribution in [0.1, 0.15) is 16.8 Å². The molecule has 0 saturated heterocycles. The van der Waals surface area contributed by atoms with Gasteiger partial charge < -0.3 is 15.4 Å². The lowest BCUT2D eigenvalue weighted by atomic mass is 10.1. The number of hydrogen-bond donors (Lipinski definition) is 2. The summed E-state index contributed by atoms with van der Waals surface area (Å²) in [5.41, 5.74) is 0.918. The lowest BCUT2D eigenvalue weighted by Gasteiger charge is -2.21. The van der Waals surface area contributed by atoms with E-state index in [2.05, 4.69) is 10.6 Å². The van der Waals surface area contributed by atoms with Crippen LogP contribution in [0.3, 0.4) is 0 Å². The third kappa shape index (κ3) is 3.52. The summed E-state index contributed by atoms with van der Waals surface area (Å²) >= 11 is 0. The van der Waals surface area contributed by atoms with Crippen LogP contribution in [-0.4, -0.2) is 31.8 Å². The van der Waals surface area contributed by atoms with E-state index in [9.17, 15) is 18.0 Å². The molecule has 0 spiro atoms. The highest BCUT2D eigenvalue weighted by Crippen LogP contribution is 2.31. The maximum absolute atomic E-state index is 12.0. The third-order valence-corrected chi connectivity index (χ3v) is 2.62. The molecule has 1 amide bonds. The molecule has 0 bridgehead atoms. The first-order valence-corrected chi connectivity index (χ1v) is 5.82. The number of fused-ring (bicyclic) bond motifs is 1. The number of halogens is 3. The largest absolute Gasteiger partial charge is 0.489 e. The van der Waals surface area contributed by atoms with E-state index in [0.29, 0.717) is 24.6 Å². The van der Waals surface area contributed by atoms with Crippen molar-refractivity contribution in [3.8, 4) is 5.75 Å². The number of anilines is 1. The smallest absolute Gasteiger partial charge is 0.390 e. The molecule has 0 unspecified atom stereocenters. The molecule has 1 aromatic carbocycles. The Kier molecular flexibility index (Phi) is 3.82. The molecule has 2 rings (SSSR count). The van der Waals surface area contributed by atoms with Crippen molar-refractivity contribution in [3.05, 3.63) is 23.8 Å². The van der Waals surface area contributed by atoms with Gasteiger partial charge in [-0.3, -0.25) is 4.79 Å². The molecular formula is C12H13F3N2O2. The van der Waals surface area contributed by atoms with Gasteiger partial charge in [-0.05, 0) is 12.1 Å². The molecule has 19 heavy (non-hydrogen) atoms. The lowest BCUT2D eigenvalue weighted by molar-refractivity contribution is -0.132. The summed E-state index contributed by atoms with van der Waals surface area (Å²) in [6.07, 6.45) is -5.33. The van der Waals surface area contributed by atoms with Crippen LogP contribution in [0.15, 0.2) is 18.2 Å². The Labute approximate surface area is 107 Å². The number of amides is 1. The predicted octanol–water partition coefficient (Wildman–Crippen LogP) is 2.17. The van der Waals surface area contributed by atoms with Crippen molar-refractivity contribution >= 4 is 11.6 Å². The van der Waals surface area contributed by atoms with Crippen molar-refractivity contribution < 1.29 is 22.7 Å². The summed E-state index contributed by atoms with van der Waals surface area (Å²) in [5.74, 6) is -0.178. The summed E-state index contributed by atoms with van der Waals surface area (Å²) in [6.45, 7) is 0.603. The molecular weight excluding hydrogens is 261 g/mol. The van der Waals surface area contributed by atoms with Gasteiger partial charge in [0.25, 0.3) is 5.91 Å². The Hall–Kier alpha value is -1.92. The van der Waals surface area contributed by atoms with Gasteiger partial charge in [0.15, 0.2) is 5.75 Å². The Balaban J connectivity index is 2.03. The van der Waals surface area contributed by atoms with Gasteiger partial charge >= 0.3 is 6.18 Å². The van der Waals surface area contributed by atoms with E-state index in [0.717, 1.165) is 0 Å². The Morgan fingerprint density at radius 2 is 2.21 bits per heavy atom. The lowest BCUT2D eigenvalue weighted by Crippen LogP contribution is -2.29. The van der Waals surface area contributed by atoms with Gasteiger partial charge in [0, 0.05) is 13.1 Å². The third-order valence-electron chi connectivity index (χ3n) is 2.62. The van der Waals surface area contributed by atoms with E-state index in [4.69, 9.17) is 4.74 Å². The molecule has 1 aromatic rings. The summed E-state index contributed by atoms with van der Waals surface area (Å²) in [5, 5.41) is 5.29. The summed E-state index contributed by atoms with van der Waals surface area (Å²) in [6, 6.07) is 4.93. The molecule has 1 aliphatic heterocycles. The van der Waals surface area contributed by atoms with E-state index in [1.54, 1.807) is 12.1 Å². The van der Waals surface area contributed by atoms with Crippen molar-refractivity contribution in [2.45, 2.75) is 12.6 Å². The van der Waals surface area contributed by atoms with Gasteiger partial charge in [0.2, 0.25) is 0 Å². The number of para-hydroxylation sites is 1. The van der Waals surface area contributed by atoms with Crippen molar-refractivity contribution in [1.82, 2.24) is 5.32 Å². The van der Waals surface area contributed by atoms with Crippen LogP contribution < -0.4 is 15.4 Å². The molecule has 0 saturated carbocycles. The summed E-state index contributed by atoms with van der Waals surface area (Å²) in [4.78, 5) is 11.8. The highest BCUT2D eigenvalue weighted by Gasteiger charge is 2.27. The van der Waals surface area contributed by atoms with Crippen LogP contribution in [0.4, 0.5) is 18.9 Å². The quantitative estimate of drug-likeness (QED) is 0.888. The van der Waals surface area contributed by atoms with E-state index in [-0.39, 0.29) is 5.56 Å². The number of nitrogens with one attached hydrogen (secondary N) is 2. The molecule has 0 aromatic heterocycles. The fourth-order valence-electron chi connectivity index (χ4n) is 1.76. The van der Waals surface area contributed by atoms with Crippen LogP contribution in [0.5, 0.6) is 5.75 Å². The van der Waals surface area contributed by atoms with Crippen molar-refractivity contribution in [2.24, 2.45) is 0 Å². The van der Waals surface area contributed by atoms with E-state index in [1.807, 2.05) is 0 Å². The summed E-state index contributed by atoms with van der Waals surface area (Å²) in [7, 11) is 0. The highest BCUT2D eigenvalue weighted by molar-refractivity contribution is 5.98. The van der Waals surface area contributed by atoms with Crippen LogP contribution in [0, 0.1) is 0 Å². The zero-order chi connectivity index (χ0) is 13.9. The number of ether oxygens (including phenoxy) is 1. The second-order valence-corrected chi connectivity index (χ2v) is 4.08. The SMILES string of the molecule is O=C(NCCC(F)(F)F)c1cccc2c1OCCN2. The van der Waals surface area contributed by atoms with Gasteiger partial charge in [-0.1, -0.05) is 6.07 Å². The van der Waals surface area contributed by atoms with Crippen LogP contribution in [0.2, 0.25) is 0 Å². The predicted molar refractivity (Wildman–Crippen MR) is 63.4 cm³/mol. The van der Waals surface area contributed by atoms with E-state index >= 15 is 0 Å². The average molecular weight is 274 g/mol. The normalized spacial score (nSPS) is 14.1. The fourth-order valence-corrected chi connectivity index (χ4v) is 1.76. The van der Waals surface area contributed by atoms with Gasteiger partial charge in [-0.15, -0.1) is 0 Å². The Bertz CT molecular complexity index is 475. The van der Waals surface area contributed by atoms with Crippen molar-refractivity contribution in [2.75, 3.05) is 25.0 Å². The second-order valence-electron chi connectivity index (χ2n) is 4.08. The van der Waals surface area contributed by atoms with Crippen LogP contribution in [-0.2, 0) is 0 Å². The fraction of sp³-hybridized carbons (Fsp3) is 0.417. The Morgan fingerprint density at radius 3 is 2.95 bits per heavy atom. The van der Waals surface area contributed by atoms with Crippen molar-refractivity contribution in [1.29, 1.82) is 0 Å². The molecule has 104 valence electrons. The molecule has 4 nitrogen and oxygen atoms in total. The van der Waals surface area contributed by atoms with Crippen LogP contribution >= 0.6 is 0 Å². The van der Waals surface area contributed by atoms with E-state index < -0.39 is 25.0 Å². The number of carbonyl (C=O) groups excluding carboxylic acids is 1. The second kappa shape index (κ2) is 5.38. The minimum absolute atomic E-state index is 0.242. The topological polar surface area (TPSA) is 50.4 Å². The van der Waals surface area contributed by atoms with Crippen LogP contribution in [0.25, 0.3) is 0 Å². The molecule has 0 atom stereocenters. The number of carbonyl (C=O) groups is 1. The zero-order valence-electron chi connectivity index (χ0n) is 10.0. The average Bonchev–Trinajstić information content (AvgIpc) is 2.36. The summed E-state index contributed by atoms with van der Waals surface area (Å²) < 4.78 is 41.4. The standard InChI is InChI=1S/C12H13F3N2O2/c13-12(14,15)4-5-17-11(18)8-2-1-3-9-10(8)19-7-6-16-9/h1-3,16H,4-7H2,(H,17,18). The van der Waals surface area contributed by atoms with E-state index in [1.165, 1.54) is 6.07 Å². The maximum Gasteiger partial charge on any atom is 0.390 e. The first kappa shape index (κ1) is 13.5. The molecule has 1 aliphatic rings. The number of benzene rings is 1. The molecule has 7 heteroatoms. The van der Waals surface area contributed by atoms with Gasteiger partial charge in [0.05, 0.1) is 17.7 Å². The molecule has 0 radical (unpaired) electrons. The minimum Gasteiger partial charge on any atom is -0.489 e. The molecule has 0 aliphatic carbocycles. The minimum atomic E-state index is -4.28. The maximum atomic E-state index is 12.0. The zero-order valence-corrected chi connectivity index (χ0v) is 10.0. The Morgan fingerprint density at radius 1 is 1.42 bits per heavy atom. The number of hydrogen-bond acceptors (Lipinski definition) is 3. The van der Waals surface area contributed by atoms with Gasteiger partial charge in [-0.2, -0.15) is 13.2 Å². The van der Waals surface area contributed by atoms with Gasteiger partial charge in [-0.25, -0.2) is 0 Å².